The molecular weight excluding hydrogens is 781 g/mol. The topological polar surface area (TPSA) is 63.6 Å². The number of hydrogen-bond donors (Lipinski definition) is 1. The average Bonchev–Trinajstić information content (AvgIpc) is 2.53. The maximum absolute atomic E-state index is 10.2. The van der Waals surface area contributed by atoms with Crippen LogP contribution in [0.25, 0.3) is 0 Å². The molecule has 0 fully saturated rings. The van der Waals surface area contributed by atoms with Crippen LogP contribution in [0, 0.1) is 25.2 Å². The Hall–Kier alpha value is -2.31. The van der Waals surface area contributed by atoms with Gasteiger partial charge in [-0.05, 0) is 18.8 Å². The molecule has 0 aliphatic carbocycles. The third-order valence-corrected chi connectivity index (χ3v) is 3.16. The van der Waals surface area contributed by atoms with Crippen molar-refractivity contribution in [2.75, 3.05) is 0 Å². The van der Waals surface area contributed by atoms with E-state index in [4.69, 9.17) is 14.6 Å². The van der Waals surface area contributed by atoms with Crippen molar-refractivity contribution < 1.29 is 39.9 Å². The number of benzene rings is 1. The molecule has 161 valence electrons. The number of hydrogen-bond acceptors (Lipinski definition) is 3. The Morgan fingerprint density at radius 2 is 1.71 bits per heavy atom. The third kappa shape index (κ3) is 23.7. The van der Waals surface area contributed by atoms with E-state index in [0.717, 1.165) is 12.8 Å². The van der Waals surface area contributed by atoms with Crippen LogP contribution in [0.5, 0.6) is 0 Å². The Labute approximate surface area is 180 Å². The Balaban J connectivity index is -0.000000110. The first kappa shape index (κ1) is 36.6. The summed E-state index contributed by atoms with van der Waals surface area (Å²) in [6.45, 7) is 14.0. The zero-order valence-corrected chi connectivity index (χ0v) is 27.9. The van der Waals surface area contributed by atoms with Gasteiger partial charge in [0.05, 0.1) is 6.10 Å². The van der Waals surface area contributed by atoms with E-state index in [-0.39, 0.29) is 46.4 Å². The largest absolute Gasteiger partial charge is 0.483 e. The Morgan fingerprint density at radius 1 is 1.29 bits per heavy atom. The van der Waals surface area contributed by atoms with Crippen LogP contribution < -0.4 is 0 Å². The molecule has 0 bridgehead atoms. The van der Waals surface area contributed by atoms with Crippen LogP contribution in [-0.2, 0) is 34.7 Å². The Kier molecular flexibility index (Phi) is 27.4. The van der Waals surface area contributed by atoms with Crippen molar-refractivity contribution in [2.45, 2.75) is 67.4 Å². The van der Waals surface area contributed by atoms with Crippen molar-refractivity contribution in [3.63, 3.8) is 0 Å². The minimum atomic E-state index is -0.250. The smallest absolute Gasteiger partial charge is 0.302 e. The first-order valence-electron chi connectivity index (χ1n) is 8.56. The summed E-state index contributed by atoms with van der Waals surface area (Å²) in [5.74, 6) is 1.25. The van der Waals surface area contributed by atoms with Gasteiger partial charge in [-0.15, -0.1) is 18.6 Å². The fraction of sp³-hybridized carbons (Fsp3) is 0.500. The van der Waals surface area contributed by atoms with Crippen LogP contribution in [0.3, 0.4) is 0 Å². The van der Waals surface area contributed by atoms with Crippen LogP contribution in [0.1, 0.15) is 66.9 Å². The normalized spacial score (nSPS) is 9.82. The van der Waals surface area contributed by atoms with Crippen molar-refractivity contribution in [1.29, 1.82) is 0 Å². The number of carbonyl (C=O) groups is 2. The van der Waals surface area contributed by atoms with Gasteiger partial charge >= 0.3 is 5.97 Å². The van der Waals surface area contributed by atoms with Crippen molar-refractivity contribution in [3.8, 4) is 0 Å². The van der Waals surface area contributed by atoms with Gasteiger partial charge in [-0.1, -0.05) is 33.8 Å². The van der Waals surface area contributed by atoms with Crippen LogP contribution in [0.15, 0.2) is 30.3 Å². The van der Waals surface area contributed by atoms with Gasteiger partial charge in [0.2, 0.25) is 0 Å². The first-order chi connectivity index (χ1) is 11.6. The summed E-state index contributed by atoms with van der Waals surface area (Å²) >= 11 is 0. The molecule has 4 nitrogen and oxygen atoms in total. The van der Waals surface area contributed by atoms with Gasteiger partial charge in [0.1, 0.15) is 0 Å². The molecule has 0 heterocycles. The molecular formula is C22H37O4ReRf-3. The van der Waals surface area contributed by atoms with Crippen molar-refractivity contribution >= 4 is 12.4 Å². The van der Waals surface area contributed by atoms with E-state index in [1.807, 2.05) is 13.8 Å². The number of carboxylic acid groups (broad SMARTS) is 1. The van der Waals surface area contributed by atoms with Gasteiger partial charge in [0.15, 0.2) is 0 Å². The molecule has 0 amide bonds. The van der Waals surface area contributed by atoms with Crippen LogP contribution >= 0.6 is 0 Å². The van der Waals surface area contributed by atoms with E-state index < -0.39 is 0 Å². The van der Waals surface area contributed by atoms with Gasteiger partial charge in [-0.25, -0.2) is 5.56 Å². The molecule has 28 heavy (non-hydrogen) atoms. The molecule has 1 aromatic rings. The standard InChI is InChI=1S/C14H20.C6H12O2.CH2O2.CH3.Re.Rf/c1-5-12(11-14(2,3)4)13-9-7-6-8-10-13;1-4-5(2)8-6(3)7;2-1-3;;;/h5-10H,11H2,1-4H3;5H,4H2,1-3H3;1H,(H,2,3);1H3;;/q-2;;;-1;;. The molecule has 1 N–H and O–H groups in total. The first-order valence-corrected chi connectivity index (χ1v) is 8.56. The zero-order chi connectivity index (χ0) is 19.9. The SMILES string of the molecule is CCC(C)OC(C)=O.C[CH-][C-](CC(C)(C)C)c1ccccc1.O=CO.[CH3-].[Re].[Rf]. The molecule has 1 rings (SSSR count). The minimum absolute atomic E-state index is 0. The second-order valence-electron chi connectivity index (χ2n) is 6.85. The summed E-state index contributed by atoms with van der Waals surface area (Å²) in [6, 6.07) is 10.6. The second kappa shape index (κ2) is 21.0. The predicted molar refractivity (Wildman–Crippen MR) is 109 cm³/mol. The number of rotatable bonds is 5. The van der Waals surface area contributed by atoms with Crippen molar-refractivity contribution in [1.82, 2.24) is 0 Å². The molecule has 1 aromatic carbocycles. The molecule has 1 atom stereocenters. The minimum Gasteiger partial charge on any atom is -0.483 e. The van der Waals surface area contributed by atoms with E-state index >= 15 is 0 Å². The molecule has 0 aliphatic rings. The fourth-order valence-electron chi connectivity index (χ4n) is 1.96. The predicted octanol–water partition coefficient (Wildman–Crippen LogP) is 5.77. The van der Waals surface area contributed by atoms with E-state index in [1.54, 1.807) is 0 Å². The van der Waals surface area contributed by atoms with E-state index in [1.165, 1.54) is 18.4 Å². The quantitative estimate of drug-likeness (QED) is 0.233. The van der Waals surface area contributed by atoms with Gasteiger partial charge in [-0.3, -0.25) is 9.59 Å². The summed E-state index contributed by atoms with van der Waals surface area (Å²) in [5, 5.41) is 6.89. The van der Waals surface area contributed by atoms with Gasteiger partial charge in [-0.2, -0.15) is 19.1 Å². The number of ether oxygens (including phenoxy) is 1. The summed E-state index contributed by atoms with van der Waals surface area (Å²) in [6.07, 6.45) is 4.32. The summed E-state index contributed by atoms with van der Waals surface area (Å²) < 4.78 is 4.76. The van der Waals surface area contributed by atoms with Crippen LogP contribution in [0.2, 0.25) is 0 Å². The molecule has 0 saturated carbocycles. The van der Waals surface area contributed by atoms with E-state index in [0.29, 0.717) is 5.41 Å². The summed E-state index contributed by atoms with van der Waals surface area (Å²) in [4.78, 5) is 18.6. The molecule has 1 radical (unpaired) electrons. The fourth-order valence-corrected chi connectivity index (χ4v) is 1.96. The number of carbonyl (C=O) groups excluding carboxylic acids is 1. The Bertz CT molecular complexity index is 461. The van der Waals surface area contributed by atoms with Crippen LogP contribution in [0.4, 0.5) is 0 Å². The molecule has 0 saturated heterocycles. The van der Waals surface area contributed by atoms with Gasteiger partial charge < -0.3 is 29.6 Å². The molecule has 0 spiro atoms. The van der Waals surface area contributed by atoms with Crippen LogP contribution in [-0.4, -0.2) is 23.7 Å². The summed E-state index contributed by atoms with van der Waals surface area (Å²) in [7, 11) is 0. The molecule has 0 aliphatic heterocycles. The van der Waals surface area contributed by atoms with Crippen molar-refractivity contribution in [3.05, 3.63) is 55.7 Å². The molecule has 0 aromatic heterocycles. The second-order valence-corrected chi connectivity index (χ2v) is 6.85. The zero-order valence-electron chi connectivity index (χ0n) is 18.8. The maximum Gasteiger partial charge on any atom is 0.302 e. The van der Waals surface area contributed by atoms with E-state index in [2.05, 4.69) is 64.4 Å². The molecule has 6 heteroatoms. The van der Waals surface area contributed by atoms with Gasteiger partial charge in [0, 0.05) is 27.3 Å². The van der Waals surface area contributed by atoms with Crippen molar-refractivity contribution in [2.24, 2.45) is 5.41 Å². The maximum atomic E-state index is 10.2. The third-order valence-electron chi connectivity index (χ3n) is 3.16. The molecule has 1 unspecified atom stereocenters. The average molecular weight is 819 g/mol. The summed E-state index contributed by atoms with van der Waals surface area (Å²) in [5.41, 5.74) is 1.71. The Morgan fingerprint density at radius 3 is 1.96 bits per heavy atom. The monoisotopic (exact) mass is 819 g/mol. The van der Waals surface area contributed by atoms with E-state index in [9.17, 15) is 4.79 Å². The number of esters is 1. The van der Waals surface area contributed by atoms with Gasteiger partial charge in [0.25, 0.3) is 6.47 Å².